The Morgan fingerprint density at radius 1 is 1.13 bits per heavy atom. The van der Waals surface area contributed by atoms with E-state index in [0.29, 0.717) is 19.5 Å². The summed E-state index contributed by atoms with van der Waals surface area (Å²) in [6.45, 7) is 3.32. The zero-order valence-corrected chi connectivity index (χ0v) is 13.0. The second-order valence-electron chi connectivity index (χ2n) is 5.48. The van der Waals surface area contributed by atoms with Gasteiger partial charge in [0.05, 0.1) is 11.2 Å². The fourth-order valence-electron chi connectivity index (χ4n) is 2.65. The van der Waals surface area contributed by atoms with Crippen molar-refractivity contribution in [3.05, 3.63) is 48.0 Å². The van der Waals surface area contributed by atoms with Crippen LogP contribution < -0.4 is 16.4 Å². The second-order valence-corrected chi connectivity index (χ2v) is 5.48. The standard InChI is InChI=1S/C18H20N4O/c1-12-2-4-13(5-3-12)17-10-14-15(20-9-8-19)6-7-16(21-11-23)18(14)22-17/h2-7,10-11,20,22H,8-9,19H2,1H3,(H,21,23). The van der Waals surface area contributed by atoms with Gasteiger partial charge in [-0.25, -0.2) is 0 Å². The molecule has 0 spiro atoms. The molecule has 3 rings (SSSR count). The maximum atomic E-state index is 10.8. The molecule has 23 heavy (non-hydrogen) atoms. The van der Waals surface area contributed by atoms with Gasteiger partial charge in [-0.05, 0) is 30.7 Å². The van der Waals surface area contributed by atoms with E-state index < -0.39 is 0 Å². The summed E-state index contributed by atoms with van der Waals surface area (Å²) in [5.74, 6) is 0. The van der Waals surface area contributed by atoms with Crippen LogP contribution in [0.3, 0.4) is 0 Å². The van der Waals surface area contributed by atoms with Crippen LogP contribution in [0.5, 0.6) is 0 Å². The quantitative estimate of drug-likeness (QED) is 0.528. The molecule has 1 aromatic heterocycles. The summed E-state index contributed by atoms with van der Waals surface area (Å²) in [5.41, 5.74) is 11.6. The Balaban J connectivity index is 2.12. The third-order valence-corrected chi connectivity index (χ3v) is 3.83. The molecule has 0 fully saturated rings. The van der Waals surface area contributed by atoms with Crippen molar-refractivity contribution in [1.29, 1.82) is 0 Å². The molecule has 0 aliphatic carbocycles. The summed E-state index contributed by atoms with van der Waals surface area (Å²) in [6.07, 6.45) is 0.689. The van der Waals surface area contributed by atoms with Gasteiger partial charge in [0, 0.05) is 29.9 Å². The lowest BCUT2D eigenvalue weighted by Gasteiger charge is -2.08. The van der Waals surface area contributed by atoms with E-state index >= 15 is 0 Å². The lowest BCUT2D eigenvalue weighted by atomic mass is 10.1. The fourth-order valence-corrected chi connectivity index (χ4v) is 2.65. The first kappa shape index (κ1) is 15.1. The van der Waals surface area contributed by atoms with E-state index in [2.05, 4.69) is 52.9 Å². The fraction of sp³-hybridized carbons (Fsp3) is 0.167. The third-order valence-electron chi connectivity index (χ3n) is 3.83. The normalized spacial score (nSPS) is 10.7. The van der Waals surface area contributed by atoms with Crippen LogP contribution in [-0.4, -0.2) is 24.5 Å². The second kappa shape index (κ2) is 6.54. The maximum absolute atomic E-state index is 10.8. The van der Waals surface area contributed by atoms with Crippen molar-refractivity contribution in [1.82, 2.24) is 4.98 Å². The minimum atomic E-state index is 0.561. The molecule has 0 saturated carbocycles. The Labute approximate surface area is 134 Å². The molecule has 0 atom stereocenters. The van der Waals surface area contributed by atoms with E-state index in [0.717, 1.165) is 33.5 Å². The average Bonchev–Trinajstić information content (AvgIpc) is 3.01. The molecular formula is C18H20N4O. The monoisotopic (exact) mass is 308 g/mol. The maximum Gasteiger partial charge on any atom is 0.211 e. The number of benzene rings is 2. The lowest BCUT2D eigenvalue weighted by molar-refractivity contribution is -0.105. The molecule has 0 saturated heterocycles. The van der Waals surface area contributed by atoms with Crippen molar-refractivity contribution < 1.29 is 4.79 Å². The van der Waals surface area contributed by atoms with Gasteiger partial charge in [0.2, 0.25) is 6.41 Å². The van der Waals surface area contributed by atoms with Gasteiger partial charge in [-0.3, -0.25) is 4.79 Å². The van der Waals surface area contributed by atoms with Crippen LogP contribution >= 0.6 is 0 Å². The zero-order chi connectivity index (χ0) is 16.2. The number of fused-ring (bicyclic) bond motifs is 1. The highest BCUT2D eigenvalue weighted by Gasteiger charge is 2.11. The van der Waals surface area contributed by atoms with Gasteiger partial charge in [-0.1, -0.05) is 29.8 Å². The highest BCUT2D eigenvalue weighted by Crippen LogP contribution is 2.33. The molecule has 0 aliphatic rings. The van der Waals surface area contributed by atoms with Crippen LogP contribution in [0.1, 0.15) is 5.56 Å². The summed E-state index contributed by atoms with van der Waals surface area (Å²) in [6, 6.07) is 14.3. The summed E-state index contributed by atoms with van der Waals surface area (Å²) < 4.78 is 0. The van der Waals surface area contributed by atoms with Crippen molar-refractivity contribution in [3.63, 3.8) is 0 Å². The van der Waals surface area contributed by atoms with E-state index in [-0.39, 0.29) is 0 Å². The number of H-pyrrole nitrogens is 1. The molecule has 0 unspecified atom stereocenters. The molecule has 118 valence electrons. The third kappa shape index (κ3) is 3.05. The van der Waals surface area contributed by atoms with Crippen molar-refractivity contribution in [2.75, 3.05) is 23.7 Å². The summed E-state index contributed by atoms with van der Waals surface area (Å²) in [4.78, 5) is 14.2. The highest BCUT2D eigenvalue weighted by molar-refractivity contribution is 6.04. The first-order valence-corrected chi connectivity index (χ1v) is 7.60. The predicted molar refractivity (Wildman–Crippen MR) is 95.7 cm³/mol. The molecular weight excluding hydrogens is 288 g/mol. The van der Waals surface area contributed by atoms with Gasteiger partial charge in [-0.15, -0.1) is 0 Å². The molecule has 0 bridgehead atoms. The number of aromatic amines is 1. The highest BCUT2D eigenvalue weighted by atomic mass is 16.1. The van der Waals surface area contributed by atoms with Crippen molar-refractivity contribution >= 4 is 28.7 Å². The number of aryl methyl sites for hydroxylation is 1. The lowest BCUT2D eigenvalue weighted by Crippen LogP contribution is -2.13. The van der Waals surface area contributed by atoms with Crippen molar-refractivity contribution in [2.45, 2.75) is 6.92 Å². The number of nitrogens with two attached hydrogens (primary N) is 1. The Bertz CT molecular complexity index is 821. The summed E-state index contributed by atoms with van der Waals surface area (Å²) in [7, 11) is 0. The predicted octanol–water partition coefficient (Wildman–Crippen LogP) is 3.08. The number of aromatic nitrogens is 1. The summed E-state index contributed by atoms with van der Waals surface area (Å²) in [5, 5.41) is 7.09. The minimum Gasteiger partial charge on any atom is -0.383 e. The largest absolute Gasteiger partial charge is 0.383 e. The topological polar surface area (TPSA) is 82.9 Å². The zero-order valence-electron chi connectivity index (χ0n) is 13.0. The number of carbonyl (C=O) groups excluding carboxylic acids is 1. The molecule has 0 aliphatic heterocycles. The minimum absolute atomic E-state index is 0.561. The van der Waals surface area contributed by atoms with E-state index in [1.165, 1.54) is 5.56 Å². The Morgan fingerprint density at radius 2 is 1.87 bits per heavy atom. The van der Waals surface area contributed by atoms with Crippen LogP contribution in [0.25, 0.3) is 22.2 Å². The number of carbonyl (C=O) groups is 1. The van der Waals surface area contributed by atoms with Gasteiger partial charge in [-0.2, -0.15) is 0 Å². The van der Waals surface area contributed by atoms with Gasteiger partial charge < -0.3 is 21.4 Å². The smallest absolute Gasteiger partial charge is 0.211 e. The molecule has 1 heterocycles. The van der Waals surface area contributed by atoms with E-state index in [1.54, 1.807) is 0 Å². The van der Waals surface area contributed by atoms with Crippen LogP contribution in [0, 0.1) is 6.92 Å². The molecule has 5 N–H and O–H groups in total. The van der Waals surface area contributed by atoms with Crippen LogP contribution in [0.2, 0.25) is 0 Å². The Kier molecular flexibility index (Phi) is 4.30. The van der Waals surface area contributed by atoms with Gasteiger partial charge in [0.25, 0.3) is 0 Å². The number of nitrogens with one attached hydrogen (secondary N) is 3. The van der Waals surface area contributed by atoms with Gasteiger partial charge >= 0.3 is 0 Å². The van der Waals surface area contributed by atoms with Gasteiger partial charge in [0.1, 0.15) is 0 Å². The van der Waals surface area contributed by atoms with Crippen molar-refractivity contribution in [2.24, 2.45) is 5.73 Å². The molecule has 5 nitrogen and oxygen atoms in total. The average molecular weight is 308 g/mol. The number of rotatable bonds is 6. The Hall–Kier alpha value is -2.79. The molecule has 1 amide bonds. The number of anilines is 2. The number of amides is 1. The van der Waals surface area contributed by atoms with Gasteiger partial charge in [0.15, 0.2) is 0 Å². The van der Waals surface area contributed by atoms with Crippen molar-refractivity contribution in [3.8, 4) is 11.3 Å². The SMILES string of the molecule is Cc1ccc(-c2cc3c(NCCN)ccc(NC=O)c3[nH]2)cc1. The molecule has 5 heteroatoms. The Morgan fingerprint density at radius 3 is 2.57 bits per heavy atom. The summed E-state index contributed by atoms with van der Waals surface area (Å²) >= 11 is 0. The first-order chi connectivity index (χ1) is 11.2. The number of hydrogen-bond acceptors (Lipinski definition) is 3. The molecule has 3 aromatic rings. The van der Waals surface area contributed by atoms with Crippen LogP contribution in [0.4, 0.5) is 11.4 Å². The molecule has 0 radical (unpaired) electrons. The van der Waals surface area contributed by atoms with E-state index in [9.17, 15) is 4.79 Å². The first-order valence-electron chi connectivity index (χ1n) is 7.60. The van der Waals surface area contributed by atoms with Crippen LogP contribution in [-0.2, 0) is 4.79 Å². The number of hydrogen-bond donors (Lipinski definition) is 4. The van der Waals surface area contributed by atoms with E-state index in [4.69, 9.17) is 5.73 Å². The van der Waals surface area contributed by atoms with E-state index in [1.807, 2.05) is 12.1 Å². The van der Waals surface area contributed by atoms with Crippen LogP contribution in [0.15, 0.2) is 42.5 Å². The molecule has 2 aromatic carbocycles.